The molecule has 5 heteroatoms. The van der Waals surface area contributed by atoms with Crippen LogP contribution in [0.15, 0.2) is 59.5 Å². The largest absolute Gasteiger partial charge is 0.352 e. The minimum absolute atomic E-state index is 0.0644. The Morgan fingerprint density at radius 1 is 1.00 bits per heavy atom. The molecule has 0 unspecified atom stereocenters. The molecule has 0 radical (unpaired) electrons. The molecular formula is C19H22N2O2S. The second-order valence-corrected chi connectivity index (χ2v) is 6.59. The number of carbonyl (C=O) groups is 2. The van der Waals surface area contributed by atoms with Gasteiger partial charge in [0.15, 0.2) is 0 Å². The summed E-state index contributed by atoms with van der Waals surface area (Å²) in [7, 11) is 0. The molecule has 0 bridgehead atoms. The molecule has 0 spiro atoms. The Bertz CT molecular complexity index is 657. The van der Waals surface area contributed by atoms with Gasteiger partial charge in [-0.3, -0.25) is 9.59 Å². The van der Waals surface area contributed by atoms with E-state index in [1.165, 1.54) is 11.8 Å². The number of thioether (sulfide) groups is 1. The van der Waals surface area contributed by atoms with Gasteiger partial charge in [-0.1, -0.05) is 30.3 Å². The van der Waals surface area contributed by atoms with Gasteiger partial charge in [0.2, 0.25) is 11.8 Å². The van der Waals surface area contributed by atoms with Crippen molar-refractivity contribution in [3.8, 4) is 0 Å². The molecule has 2 rings (SSSR count). The Labute approximate surface area is 147 Å². The third kappa shape index (κ3) is 6.87. The molecule has 2 amide bonds. The summed E-state index contributed by atoms with van der Waals surface area (Å²) in [5.74, 6) is 0.905. The molecule has 0 fully saturated rings. The number of amides is 2. The molecule has 2 aromatic carbocycles. The van der Waals surface area contributed by atoms with Crippen LogP contribution < -0.4 is 10.6 Å². The van der Waals surface area contributed by atoms with Crippen LogP contribution in [0.5, 0.6) is 0 Å². The lowest BCUT2D eigenvalue weighted by Crippen LogP contribution is -2.22. The molecule has 0 aliphatic carbocycles. The molecule has 2 aromatic rings. The molecule has 0 saturated carbocycles. The second-order valence-electron chi connectivity index (χ2n) is 5.42. The third-order valence-corrected chi connectivity index (χ3v) is 4.42. The highest BCUT2D eigenvalue weighted by atomic mass is 32.2. The van der Waals surface area contributed by atoms with Crippen LogP contribution in [0.2, 0.25) is 0 Å². The van der Waals surface area contributed by atoms with E-state index in [1.807, 2.05) is 42.5 Å². The van der Waals surface area contributed by atoms with E-state index in [4.69, 9.17) is 0 Å². The molecular weight excluding hydrogens is 320 g/mol. The number of nitrogens with one attached hydrogen (secondary N) is 2. The van der Waals surface area contributed by atoms with E-state index in [9.17, 15) is 9.59 Å². The first-order valence-electron chi connectivity index (χ1n) is 7.94. The van der Waals surface area contributed by atoms with Crippen molar-refractivity contribution in [3.63, 3.8) is 0 Å². The van der Waals surface area contributed by atoms with Crippen molar-refractivity contribution in [1.82, 2.24) is 5.32 Å². The van der Waals surface area contributed by atoms with E-state index < -0.39 is 0 Å². The van der Waals surface area contributed by atoms with Crippen molar-refractivity contribution in [2.75, 3.05) is 11.1 Å². The molecule has 0 saturated heterocycles. The van der Waals surface area contributed by atoms with Gasteiger partial charge < -0.3 is 10.6 Å². The summed E-state index contributed by atoms with van der Waals surface area (Å²) in [5.41, 5.74) is 1.77. The minimum atomic E-state index is -0.0931. The molecule has 0 aromatic heterocycles. The van der Waals surface area contributed by atoms with Gasteiger partial charge >= 0.3 is 0 Å². The van der Waals surface area contributed by atoms with E-state index in [2.05, 4.69) is 22.8 Å². The van der Waals surface area contributed by atoms with Gasteiger partial charge in [0.25, 0.3) is 0 Å². The van der Waals surface area contributed by atoms with Crippen LogP contribution in [0.4, 0.5) is 5.69 Å². The van der Waals surface area contributed by atoms with Crippen LogP contribution in [0.25, 0.3) is 0 Å². The highest BCUT2D eigenvalue weighted by molar-refractivity contribution is 7.99. The maximum Gasteiger partial charge on any atom is 0.221 e. The number of carbonyl (C=O) groups excluding carboxylic acids is 2. The predicted molar refractivity (Wildman–Crippen MR) is 99.0 cm³/mol. The maximum atomic E-state index is 11.9. The number of rotatable bonds is 8. The number of hydrogen-bond acceptors (Lipinski definition) is 3. The van der Waals surface area contributed by atoms with E-state index >= 15 is 0 Å². The van der Waals surface area contributed by atoms with Gasteiger partial charge in [-0.2, -0.15) is 0 Å². The van der Waals surface area contributed by atoms with Crippen LogP contribution in [-0.4, -0.2) is 17.6 Å². The average Bonchev–Trinajstić information content (AvgIpc) is 2.58. The Hall–Kier alpha value is -2.27. The van der Waals surface area contributed by atoms with Crippen LogP contribution in [0.1, 0.15) is 25.3 Å². The van der Waals surface area contributed by atoms with E-state index in [0.717, 1.165) is 23.4 Å². The van der Waals surface area contributed by atoms with Gasteiger partial charge in [0, 0.05) is 30.5 Å². The summed E-state index contributed by atoms with van der Waals surface area (Å²) in [4.78, 5) is 24.1. The molecule has 0 atom stereocenters. The van der Waals surface area contributed by atoms with E-state index in [1.54, 1.807) is 11.8 Å². The lowest BCUT2D eigenvalue weighted by atomic mass is 10.2. The topological polar surface area (TPSA) is 58.2 Å². The Morgan fingerprint density at radius 2 is 1.71 bits per heavy atom. The van der Waals surface area contributed by atoms with Gasteiger partial charge in [-0.25, -0.2) is 0 Å². The quantitative estimate of drug-likeness (QED) is 0.566. The fraction of sp³-hybridized carbons (Fsp3) is 0.263. The smallest absolute Gasteiger partial charge is 0.221 e. The first-order valence-corrected chi connectivity index (χ1v) is 8.93. The van der Waals surface area contributed by atoms with Gasteiger partial charge in [0.1, 0.15) is 0 Å². The van der Waals surface area contributed by atoms with Crippen molar-refractivity contribution in [1.29, 1.82) is 0 Å². The summed E-state index contributed by atoms with van der Waals surface area (Å²) in [6.07, 6.45) is 1.39. The van der Waals surface area contributed by atoms with Gasteiger partial charge in [0.05, 0.1) is 0 Å². The monoisotopic (exact) mass is 342 g/mol. The van der Waals surface area contributed by atoms with Crippen LogP contribution in [0, 0.1) is 0 Å². The summed E-state index contributed by atoms with van der Waals surface area (Å²) in [6, 6.07) is 17.7. The molecule has 4 nitrogen and oxygen atoms in total. The zero-order chi connectivity index (χ0) is 17.2. The zero-order valence-corrected chi connectivity index (χ0v) is 14.6. The first kappa shape index (κ1) is 18.1. The standard InChI is InChI=1S/C19H22N2O2S/c1-15(22)21-17-11-9-16(10-12-17)14-20-19(23)8-5-13-24-18-6-3-2-4-7-18/h2-4,6-7,9-12H,5,8,13-14H2,1H3,(H,20,23)(H,21,22). The SMILES string of the molecule is CC(=O)Nc1ccc(CNC(=O)CCCSc2ccccc2)cc1. The maximum absolute atomic E-state index is 11.9. The van der Waals surface area contributed by atoms with Crippen LogP contribution >= 0.6 is 11.8 Å². The summed E-state index contributed by atoms with van der Waals surface area (Å²) >= 11 is 1.77. The lowest BCUT2D eigenvalue weighted by molar-refractivity contribution is -0.121. The summed E-state index contributed by atoms with van der Waals surface area (Å²) in [6.45, 7) is 1.98. The molecule has 0 heterocycles. The first-order chi connectivity index (χ1) is 11.6. The highest BCUT2D eigenvalue weighted by Gasteiger charge is 2.02. The van der Waals surface area contributed by atoms with Crippen molar-refractivity contribution < 1.29 is 9.59 Å². The van der Waals surface area contributed by atoms with E-state index in [-0.39, 0.29) is 11.8 Å². The lowest BCUT2D eigenvalue weighted by Gasteiger charge is -2.07. The number of hydrogen-bond donors (Lipinski definition) is 2. The molecule has 126 valence electrons. The van der Waals surface area contributed by atoms with Crippen molar-refractivity contribution >= 4 is 29.3 Å². The molecule has 24 heavy (non-hydrogen) atoms. The van der Waals surface area contributed by atoms with Gasteiger partial charge in [-0.15, -0.1) is 11.8 Å². The number of benzene rings is 2. The molecule has 2 N–H and O–H groups in total. The third-order valence-electron chi connectivity index (χ3n) is 3.32. The molecule has 0 aliphatic rings. The van der Waals surface area contributed by atoms with Gasteiger partial charge in [-0.05, 0) is 42.0 Å². The van der Waals surface area contributed by atoms with Crippen molar-refractivity contribution in [2.24, 2.45) is 0 Å². The van der Waals surface area contributed by atoms with Crippen molar-refractivity contribution in [2.45, 2.75) is 31.2 Å². The Balaban J connectivity index is 1.63. The Morgan fingerprint density at radius 3 is 2.38 bits per heavy atom. The minimum Gasteiger partial charge on any atom is -0.352 e. The second kappa shape index (κ2) is 9.78. The normalized spacial score (nSPS) is 10.2. The van der Waals surface area contributed by atoms with E-state index in [0.29, 0.717) is 13.0 Å². The summed E-state index contributed by atoms with van der Waals surface area (Å²) < 4.78 is 0. The number of anilines is 1. The zero-order valence-electron chi connectivity index (χ0n) is 13.7. The van der Waals surface area contributed by atoms with Crippen LogP contribution in [-0.2, 0) is 16.1 Å². The highest BCUT2D eigenvalue weighted by Crippen LogP contribution is 2.18. The average molecular weight is 342 g/mol. The molecule has 0 aliphatic heterocycles. The fourth-order valence-corrected chi connectivity index (χ4v) is 3.01. The Kier molecular flexibility index (Phi) is 7.36. The van der Waals surface area contributed by atoms with Crippen molar-refractivity contribution in [3.05, 3.63) is 60.2 Å². The fourth-order valence-electron chi connectivity index (χ4n) is 2.14. The van der Waals surface area contributed by atoms with Crippen LogP contribution in [0.3, 0.4) is 0 Å². The predicted octanol–water partition coefficient (Wildman–Crippen LogP) is 3.83. The summed E-state index contributed by atoms with van der Waals surface area (Å²) in [5, 5.41) is 5.64.